The lowest BCUT2D eigenvalue weighted by molar-refractivity contribution is -0.350. The Morgan fingerprint density at radius 3 is 2.00 bits per heavy atom. The molecule has 1 aromatic carbocycles. The summed E-state index contributed by atoms with van der Waals surface area (Å²) in [7, 11) is 0. The van der Waals surface area contributed by atoms with Crippen LogP contribution in [0.2, 0.25) is 0 Å². The molecule has 10 atom stereocenters. The van der Waals surface area contributed by atoms with Crippen LogP contribution in [0, 0.1) is 16.7 Å². The molecule has 2 aliphatic heterocycles. The summed E-state index contributed by atoms with van der Waals surface area (Å²) in [6.45, 7) is 12.4. The monoisotopic (exact) mass is 654 g/mol. The third-order valence-corrected chi connectivity index (χ3v) is 11.2. The summed E-state index contributed by atoms with van der Waals surface area (Å²) in [5.41, 5.74) is -3.46. The molecular formula is C35H42O12. The second-order valence-corrected chi connectivity index (χ2v) is 14.2. The average molecular weight is 655 g/mol. The van der Waals surface area contributed by atoms with Gasteiger partial charge in [0.1, 0.15) is 18.3 Å². The molecule has 5 aliphatic rings. The van der Waals surface area contributed by atoms with Crippen LogP contribution in [0.15, 0.2) is 41.5 Å². The third kappa shape index (κ3) is 4.73. The molecule has 0 N–H and O–H groups in total. The van der Waals surface area contributed by atoms with Crippen molar-refractivity contribution in [3.63, 3.8) is 0 Å². The zero-order valence-corrected chi connectivity index (χ0v) is 27.9. The second-order valence-electron chi connectivity index (χ2n) is 14.2. The lowest BCUT2D eigenvalue weighted by Crippen LogP contribution is -2.79. The van der Waals surface area contributed by atoms with E-state index in [1.54, 1.807) is 37.3 Å². The normalized spacial score (nSPS) is 39.2. The Hall–Kier alpha value is -3.77. The van der Waals surface area contributed by atoms with Gasteiger partial charge in [0, 0.05) is 34.1 Å². The number of carbonyl (C=O) groups excluding carboxylic acids is 5. The minimum atomic E-state index is -1.48. The van der Waals surface area contributed by atoms with E-state index in [0.29, 0.717) is 12.0 Å². The van der Waals surface area contributed by atoms with Crippen molar-refractivity contribution in [3.8, 4) is 0 Å². The van der Waals surface area contributed by atoms with E-state index in [1.165, 1.54) is 27.7 Å². The van der Waals surface area contributed by atoms with Crippen molar-refractivity contribution in [2.75, 3.05) is 6.61 Å². The van der Waals surface area contributed by atoms with Gasteiger partial charge in [0.15, 0.2) is 17.8 Å². The van der Waals surface area contributed by atoms with E-state index in [4.69, 9.17) is 33.2 Å². The SMILES string of the molecule is CC(=O)O[C@@H]1C2=C(C)[C@H]3C[C@]2([C@@H](OC(=O)c2ccccc2)[C@@H]2[C@]4(OC(C)=O)CO[C@@H]4C[C@H](OC(C)=O)[C@@]2(C)[C@H]1OC(C)=O)C(C)(C)O3. The first-order valence-corrected chi connectivity index (χ1v) is 16.0. The highest BCUT2D eigenvalue weighted by Crippen LogP contribution is 2.72. The van der Waals surface area contributed by atoms with Crippen LogP contribution in [0.1, 0.15) is 78.6 Å². The smallest absolute Gasteiger partial charge is 0.338 e. The highest BCUT2D eigenvalue weighted by molar-refractivity contribution is 5.89. The standard InChI is InChI=1S/C35H42O12/c1-17-23-15-34(32(6,7)47-23)26(17)27(43-19(3)37)29(44-20(4)38)33(8)24(42-18(2)36)14-25-35(16-41-25,46-21(5)39)28(33)30(34)45-31(40)22-12-10-9-11-13-22/h9-13,23-25,27-30H,14-16H2,1-8H3/t23-,24+,25-,27-,28+,29+,30+,33-,34+,35+/m1/s1. The summed E-state index contributed by atoms with van der Waals surface area (Å²) in [5.74, 6) is -4.18. The lowest BCUT2D eigenvalue weighted by atomic mass is 9.49. The summed E-state index contributed by atoms with van der Waals surface area (Å²) >= 11 is 0. The Morgan fingerprint density at radius 2 is 1.45 bits per heavy atom. The predicted octanol–water partition coefficient (Wildman–Crippen LogP) is 3.63. The van der Waals surface area contributed by atoms with E-state index >= 15 is 0 Å². The van der Waals surface area contributed by atoms with Crippen molar-refractivity contribution >= 4 is 29.8 Å². The van der Waals surface area contributed by atoms with Gasteiger partial charge in [-0.3, -0.25) is 19.2 Å². The number of esters is 5. The van der Waals surface area contributed by atoms with E-state index in [9.17, 15) is 24.0 Å². The molecule has 1 spiro atoms. The molecule has 6 rings (SSSR count). The molecule has 3 aliphatic carbocycles. The molecule has 0 unspecified atom stereocenters. The summed E-state index contributed by atoms with van der Waals surface area (Å²) in [4.78, 5) is 65.8. The van der Waals surface area contributed by atoms with Gasteiger partial charge in [-0.2, -0.15) is 0 Å². The molecule has 12 nitrogen and oxygen atoms in total. The molecule has 0 radical (unpaired) electrons. The van der Waals surface area contributed by atoms with Gasteiger partial charge in [0.2, 0.25) is 0 Å². The third-order valence-electron chi connectivity index (χ3n) is 11.2. The van der Waals surface area contributed by atoms with E-state index in [-0.39, 0.29) is 18.6 Å². The predicted molar refractivity (Wildman–Crippen MR) is 161 cm³/mol. The van der Waals surface area contributed by atoms with Crippen LogP contribution in [0.5, 0.6) is 0 Å². The summed E-state index contributed by atoms with van der Waals surface area (Å²) in [6, 6.07) is 8.48. The Balaban J connectivity index is 1.72. The molecule has 2 saturated carbocycles. The largest absolute Gasteiger partial charge is 0.462 e. The van der Waals surface area contributed by atoms with Gasteiger partial charge >= 0.3 is 29.8 Å². The van der Waals surface area contributed by atoms with Gasteiger partial charge in [-0.15, -0.1) is 0 Å². The maximum atomic E-state index is 14.2. The average Bonchev–Trinajstić information content (AvgIpc) is 3.39. The Labute approximate surface area is 273 Å². The maximum Gasteiger partial charge on any atom is 0.338 e. The minimum absolute atomic E-state index is 0.0620. The molecule has 2 heterocycles. The lowest BCUT2D eigenvalue weighted by Gasteiger charge is -2.65. The quantitative estimate of drug-likeness (QED) is 0.250. The first kappa shape index (κ1) is 33.1. The molecule has 2 saturated heterocycles. The highest BCUT2D eigenvalue weighted by Gasteiger charge is 2.82. The number of benzene rings is 1. The topological polar surface area (TPSA) is 150 Å². The van der Waals surface area contributed by atoms with Gasteiger partial charge in [0.05, 0.1) is 40.6 Å². The summed E-state index contributed by atoms with van der Waals surface area (Å²) in [6.07, 6.45) is -5.42. The fourth-order valence-electron chi connectivity index (χ4n) is 9.53. The van der Waals surface area contributed by atoms with E-state index in [2.05, 4.69) is 0 Å². The van der Waals surface area contributed by atoms with Crippen LogP contribution in [0.25, 0.3) is 0 Å². The van der Waals surface area contributed by atoms with Crippen molar-refractivity contribution in [2.45, 2.75) is 116 Å². The van der Waals surface area contributed by atoms with Crippen LogP contribution in [0.3, 0.4) is 0 Å². The van der Waals surface area contributed by atoms with Crippen molar-refractivity contribution < 1.29 is 57.1 Å². The molecular weight excluding hydrogens is 612 g/mol. The Kier molecular flexibility index (Phi) is 7.86. The number of hydrogen-bond acceptors (Lipinski definition) is 12. The van der Waals surface area contributed by atoms with Crippen LogP contribution in [0.4, 0.5) is 0 Å². The fourth-order valence-corrected chi connectivity index (χ4v) is 9.53. The van der Waals surface area contributed by atoms with Crippen molar-refractivity contribution in [1.29, 1.82) is 0 Å². The second kappa shape index (κ2) is 11.2. The fraction of sp³-hybridized carbons (Fsp3) is 0.629. The molecule has 4 fully saturated rings. The van der Waals surface area contributed by atoms with E-state index < -0.39 is 94.4 Å². The number of rotatable bonds is 6. The van der Waals surface area contributed by atoms with Crippen LogP contribution < -0.4 is 0 Å². The number of fused-ring (bicyclic) bond motifs is 4. The Morgan fingerprint density at radius 1 is 0.809 bits per heavy atom. The number of carbonyl (C=O) groups is 5. The van der Waals surface area contributed by atoms with Crippen LogP contribution in [-0.4, -0.2) is 84.3 Å². The first-order chi connectivity index (χ1) is 22.0. The maximum absolute atomic E-state index is 14.2. The minimum Gasteiger partial charge on any atom is -0.462 e. The van der Waals surface area contributed by atoms with Crippen molar-refractivity contribution in [2.24, 2.45) is 16.7 Å². The molecule has 2 bridgehead atoms. The first-order valence-electron chi connectivity index (χ1n) is 16.0. The summed E-state index contributed by atoms with van der Waals surface area (Å²) < 4.78 is 44.0. The zero-order valence-electron chi connectivity index (χ0n) is 27.9. The van der Waals surface area contributed by atoms with Gasteiger partial charge in [-0.25, -0.2) is 4.79 Å². The van der Waals surface area contributed by atoms with Gasteiger partial charge < -0.3 is 33.2 Å². The van der Waals surface area contributed by atoms with Gasteiger partial charge in [-0.1, -0.05) is 25.1 Å². The molecule has 254 valence electrons. The van der Waals surface area contributed by atoms with Crippen molar-refractivity contribution in [3.05, 3.63) is 47.0 Å². The van der Waals surface area contributed by atoms with Gasteiger partial charge in [-0.05, 0) is 50.5 Å². The molecule has 47 heavy (non-hydrogen) atoms. The molecule has 0 amide bonds. The van der Waals surface area contributed by atoms with E-state index in [1.807, 2.05) is 20.8 Å². The van der Waals surface area contributed by atoms with Gasteiger partial charge in [0.25, 0.3) is 0 Å². The highest BCUT2D eigenvalue weighted by atomic mass is 16.6. The van der Waals surface area contributed by atoms with Crippen LogP contribution in [-0.2, 0) is 52.3 Å². The number of ether oxygens (including phenoxy) is 7. The number of hydrogen-bond donors (Lipinski definition) is 0. The Bertz CT molecular complexity index is 1550. The molecule has 0 aromatic heterocycles. The zero-order chi connectivity index (χ0) is 34.3. The van der Waals surface area contributed by atoms with E-state index in [0.717, 1.165) is 5.57 Å². The molecule has 1 aromatic rings. The summed E-state index contributed by atoms with van der Waals surface area (Å²) in [5, 5.41) is 0. The molecule has 12 heteroatoms. The van der Waals surface area contributed by atoms with Crippen LogP contribution >= 0.6 is 0 Å². The van der Waals surface area contributed by atoms with Crippen molar-refractivity contribution in [1.82, 2.24) is 0 Å².